The number of carbonyl (C=O) groups is 1. The summed E-state index contributed by atoms with van der Waals surface area (Å²) in [4.78, 5) is 11.1. The predicted molar refractivity (Wildman–Crippen MR) is 74.9 cm³/mol. The second-order valence-corrected chi connectivity index (χ2v) is 5.84. The largest absolute Gasteiger partial charge is 0.478 e. The first-order valence-electron chi connectivity index (χ1n) is 6.19. The highest BCUT2D eigenvalue weighted by Gasteiger charge is 2.22. The van der Waals surface area contributed by atoms with Crippen LogP contribution in [-0.2, 0) is 0 Å². The van der Waals surface area contributed by atoms with E-state index >= 15 is 0 Å². The first kappa shape index (κ1) is 15.3. The average Bonchev–Trinajstić information content (AvgIpc) is 2.28. The van der Waals surface area contributed by atoms with Gasteiger partial charge in [-0.2, -0.15) is 0 Å². The van der Waals surface area contributed by atoms with Crippen LogP contribution in [0.25, 0.3) is 0 Å². The Kier molecular flexibility index (Phi) is 4.39. The third kappa shape index (κ3) is 3.59. The quantitative estimate of drug-likeness (QED) is 0.733. The summed E-state index contributed by atoms with van der Waals surface area (Å²) in [6, 6.07) is 2.58. The molecule has 4 N–H and O–H groups in total. The Hall–Kier alpha value is -1.78. The van der Waals surface area contributed by atoms with Crippen LogP contribution in [0.4, 0.5) is 15.8 Å². The van der Waals surface area contributed by atoms with E-state index in [0.29, 0.717) is 18.2 Å². The van der Waals surface area contributed by atoms with Gasteiger partial charge >= 0.3 is 5.97 Å². The molecule has 1 aromatic carbocycles. The third-order valence-electron chi connectivity index (χ3n) is 3.48. The lowest BCUT2D eigenvalue weighted by Crippen LogP contribution is -2.25. The van der Waals surface area contributed by atoms with E-state index in [2.05, 4.69) is 33.0 Å². The minimum absolute atomic E-state index is 0.0992. The fraction of sp³-hybridized carbons (Fsp3) is 0.500. The van der Waals surface area contributed by atoms with Gasteiger partial charge < -0.3 is 16.2 Å². The first-order valence-corrected chi connectivity index (χ1v) is 6.19. The van der Waals surface area contributed by atoms with Gasteiger partial charge in [0.05, 0.1) is 11.4 Å². The molecule has 0 heterocycles. The number of anilines is 2. The Morgan fingerprint density at radius 2 is 2.05 bits per heavy atom. The smallest absolute Gasteiger partial charge is 0.340 e. The van der Waals surface area contributed by atoms with Crippen LogP contribution in [0, 0.1) is 17.2 Å². The van der Waals surface area contributed by atoms with Crippen molar-refractivity contribution in [3.63, 3.8) is 0 Å². The average molecular weight is 268 g/mol. The van der Waals surface area contributed by atoms with Gasteiger partial charge in [0.2, 0.25) is 0 Å². The molecule has 0 spiro atoms. The Labute approximate surface area is 112 Å². The minimum atomic E-state index is -1.23. The molecule has 1 atom stereocenters. The third-order valence-corrected chi connectivity index (χ3v) is 3.48. The summed E-state index contributed by atoms with van der Waals surface area (Å²) in [5.74, 6) is -1.63. The van der Waals surface area contributed by atoms with Gasteiger partial charge in [0.25, 0.3) is 0 Å². The van der Waals surface area contributed by atoms with Crippen molar-refractivity contribution in [3.8, 4) is 0 Å². The van der Waals surface area contributed by atoms with Crippen LogP contribution in [0.3, 0.4) is 0 Å². The molecule has 0 bridgehead atoms. The Morgan fingerprint density at radius 1 is 1.47 bits per heavy atom. The van der Waals surface area contributed by atoms with E-state index in [1.807, 2.05) is 0 Å². The lowest BCUT2D eigenvalue weighted by Gasteiger charge is -2.28. The second kappa shape index (κ2) is 5.47. The molecule has 0 aliphatic carbocycles. The van der Waals surface area contributed by atoms with Gasteiger partial charge in [-0.3, -0.25) is 0 Å². The normalized spacial score (nSPS) is 13.1. The van der Waals surface area contributed by atoms with E-state index < -0.39 is 11.8 Å². The van der Waals surface area contributed by atoms with E-state index in [0.717, 1.165) is 0 Å². The van der Waals surface area contributed by atoms with Crippen LogP contribution in [0.15, 0.2) is 12.1 Å². The fourth-order valence-electron chi connectivity index (χ4n) is 1.54. The highest BCUT2D eigenvalue weighted by Crippen LogP contribution is 2.28. The van der Waals surface area contributed by atoms with Gasteiger partial charge in [-0.05, 0) is 23.5 Å². The van der Waals surface area contributed by atoms with Crippen LogP contribution >= 0.6 is 0 Å². The Balaban J connectivity index is 2.97. The van der Waals surface area contributed by atoms with Crippen LogP contribution in [0.1, 0.15) is 38.1 Å². The van der Waals surface area contributed by atoms with E-state index in [-0.39, 0.29) is 16.7 Å². The molecule has 0 saturated heterocycles. The maximum absolute atomic E-state index is 13.3. The molecule has 0 saturated carbocycles. The summed E-state index contributed by atoms with van der Waals surface area (Å²) in [7, 11) is 0. The summed E-state index contributed by atoms with van der Waals surface area (Å²) in [6.07, 6.45) is 0. The summed E-state index contributed by atoms with van der Waals surface area (Å²) < 4.78 is 13.3. The molecule has 5 heteroatoms. The lowest BCUT2D eigenvalue weighted by molar-refractivity contribution is 0.0698. The molecular formula is C14H21FN2O2. The van der Waals surface area contributed by atoms with Crippen molar-refractivity contribution < 1.29 is 14.3 Å². The number of hydrogen-bond donors (Lipinski definition) is 3. The number of carboxylic acid groups (broad SMARTS) is 1. The van der Waals surface area contributed by atoms with Gasteiger partial charge in [-0.25, -0.2) is 9.18 Å². The van der Waals surface area contributed by atoms with E-state index in [4.69, 9.17) is 10.8 Å². The molecule has 1 rings (SSSR count). The Bertz CT molecular complexity index is 481. The fourth-order valence-corrected chi connectivity index (χ4v) is 1.54. The molecule has 0 aliphatic rings. The standard InChI is InChI=1S/C14H21FN2O2/c1-8(14(2,3)4)7-17-10-6-5-9(15)12(16)11(10)13(18)19/h5-6,8,17H,7,16H2,1-4H3,(H,18,19). The van der Waals surface area contributed by atoms with Crippen molar-refractivity contribution in [3.05, 3.63) is 23.5 Å². The second-order valence-electron chi connectivity index (χ2n) is 5.84. The minimum Gasteiger partial charge on any atom is -0.478 e. The molecule has 0 aromatic heterocycles. The molecule has 106 valence electrons. The molecular weight excluding hydrogens is 247 g/mol. The highest BCUT2D eigenvalue weighted by atomic mass is 19.1. The molecule has 0 aliphatic heterocycles. The van der Waals surface area contributed by atoms with Crippen LogP contribution in [0.2, 0.25) is 0 Å². The highest BCUT2D eigenvalue weighted by molar-refractivity contribution is 6.00. The number of carboxylic acids is 1. The summed E-state index contributed by atoms with van der Waals surface area (Å²) in [5, 5.41) is 12.2. The molecule has 0 amide bonds. The molecule has 4 nitrogen and oxygen atoms in total. The van der Waals surface area contributed by atoms with Crippen molar-refractivity contribution in [1.82, 2.24) is 0 Å². The molecule has 0 fully saturated rings. The summed E-state index contributed by atoms with van der Waals surface area (Å²) >= 11 is 0. The number of benzene rings is 1. The van der Waals surface area contributed by atoms with Crippen molar-refractivity contribution >= 4 is 17.3 Å². The first-order chi connectivity index (χ1) is 8.64. The van der Waals surface area contributed by atoms with Gasteiger partial charge in [-0.1, -0.05) is 27.7 Å². The van der Waals surface area contributed by atoms with Crippen LogP contribution in [-0.4, -0.2) is 17.6 Å². The Morgan fingerprint density at radius 3 is 2.53 bits per heavy atom. The number of nitrogen functional groups attached to an aromatic ring is 1. The zero-order chi connectivity index (χ0) is 14.8. The lowest BCUT2D eigenvalue weighted by atomic mass is 9.82. The molecule has 1 unspecified atom stereocenters. The van der Waals surface area contributed by atoms with Gasteiger partial charge in [0.15, 0.2) is 0 Å². The zero-order valence-electron chi connectivity index (χ0n) is 11.7. The zero-order valence-corrected chi connectivity index (χ0v) is 11.7. The number of aromatic carboxylic acids is 1. The van der Waals surface area contributed by atoms with Crippen LogP contribution in [0.5, 0.6) is 0 Å². The van der Waals surface area contributed by atoms with Crippen molar-refractivity contribution in [2.45, 2.75) is 27.7 Å². The summed E-state index contributed by atoms with van der Waals surface area (Å²) in [6.45, 7) is 8.98. The van der Waals surface area contributed by atoms with Crippen molar-refractivity contribution in [1.29, 1.82) is 0 Å². The number of rotatable bonds is 4. The predicted octanol–water partition coefficient (Wildman–Crippen LogP) is 3.20. The number of nitrogens with two attached hydrogens (primary N) is 1. The maximum atomic E-state index is 13.3. The van der Waals surface area contributed by atoms with Crippen molar-refractivity contribution in [2.24, 2.45) is 11.3 Å². The topological polar surface area (TPSA) is 75.3 Å². The van der Waals surface area contributed by atoms with E-state index in [9.17, 15) is 9.18 Å². The molecule has 1 aromatic rings. The SMILES string of the molecule is CC(CNc1ccc(F)c(N)c1C(=O)O)C(C)(C)C. The van der Waals surface area contributed by atoms with Crippen LogP contribution < -0.4 is 11.1 Å². The molecule has 0 radical (unpaired) electrons. The van der Waals surface area contributed by atoms with Crippen molar-refractivity contribution in [2.75, 3.05) is 17.6 Å². The van der Waals surface area contributed by atoms with Gasteiger partial charge in [-0.15, -0.1) is 0 Å². The number of halogens is 1. The monoisotopic (exact) mass is 268 g/mol. The molecule has 19 heavy (non-hydrogen) atoms. The summed E-state index contributed by atoms with van der Waals surface area (Å²) in [5.41, 5.74) is 5.39. The van der Waals surface area contributed by atoms with Gasteiger partial charge in [0, 0.05) is 6.54 Å². The van der Waals surface area contributed by atoms with E-state index in [1.54, 1.807) is 0 Å². The van der Waals surface area contributed by atoms with Gasteiger partial charge in [0.1, 0.15) is 11.4 Å². The number of hydrogen-bond acceptors (Lipinski definition) is 3. The number of nitrogens with one attached hydrogen (secondary N) is 1. The van der Waals surface area contributed by atoms with E-state index in [1.165, 1.54) is 12.1 Å². The maximum Gasteiger partial charge on any atom is 0.340 e.